The highest BCUT2D eigenvalue weighted by Gasteiger charge is 2.26. The highest BCUT2D eigenvalue weighted by molar-refractivity contribution is 7.89. The molecule has 0 amide bonds. The molecule has 2 aromatic heterocycles. The summed E-state index contributed by atoms with van der Waals surface area (Å²) in [5.41, 5.74) is 1.54. The summed E-state index contributed by atoms with van der Waals surface area (Å²) >= 11 is 0. The summed E-state index contributed by atoms with van der Waals surface area (Å²) < 4.78 is 36.9. The first-order valence-corrected chi connectivity index (χ1v) is 10.4. The van der Waals surface area contributed by atoms with Gasteiger partial charge >= 0.3 is 0 Å². The Kier molecular flexibility index (Phi) is 6.07. The van der Waals surface area contributed by atoms with E-state index in [0.717, 1.165) is 31.0 Å². The largest absolute Gasteiger partial charge is 0.379 e. The molecule has 1 N–H and O–H groups in total. The highest BCUT2D eigenvalue weighted by atomic mass is 32.2. The van der Waals surface area contributed by atoms with E-state index in [1.165, 1.54) is 0 Å². The molecule has 26 heavy (non-hydrogen) atoms. The number of aromatic nitrogens is 4. The van der Waals surface area contributed by atoms with Crippen LogP contribution in [0.2, 0.25) is 0 Å². The van der Waals surface area contributed by atoms with E-state index in [0.29, 0.717) is 19.6 Å². The number of aryl methyl sites for hydroxylation is 2. The molecule has 0 bridgehead atoms. The number of nitrogens with zero attached hydrogens (tertiary/aromatic N) is 5. The molecule has 0 saturated carbocycles. The van der Waals surface area contributed by atoms with E-state index in [1.807, 2.05) is 12.1 Å². The molecule has 3 heterocycles. The molecule has 0 unspecified atom stereocenters. The Balaban J connectivity index is 1.67. The smallest absolute Gasteiger partial charge is 0.212 e. The Morgan fingerprint density at radius 3 is 2.19 bits per heavy atom. The molecule has 1 fully saturated rings. The zero-order valence-corrected chi connectivity index (χ0v) is 16.0. The second kappa shape index (κ2) is 8.30. The molecule has 2 aromatic rings. The van der Waals surface area contributed by atoms with Gasteiger partial charge in [-0.15, -0.1) is 0 Å². The van der Waals surface area contributed by atoms with Crippen LogP contribution in [-0.2, 0) is 28.9 Å². The summed E-state index contributed by atoms with van der Waals surface area (Å²) in [6.45, 7) is 3.91. The van der Waals surface area contributed by atoms with Crippen molar-refractivity contribution in [2.75, 3.05) is 38.6 Å². The Labute approximate surface area is 154 Å². The number of hydrogen-bond donors (Lipinski definition) is 1. The Morgan fingerprint density at radius 1 is 1.12 bits per heavy atom. The third kappa shape index (κ3) is 4.70. The predicted molar refractivity (Wildman–Crippen MR) is 97.1 cm³/mol. The first-order chi connectivity index (χ1) is 12.5. The third-order valence-electron chi connectivity index (χ3n) is 4.60. The van der Waals surface area contributed by atoms with Crippen molar-refractivity contribution in [3.05, 3.63) is 35.9 Å². The molecule has 0 aliphatic carbocycles. The van der Waals surface area contributed by atoms with E-state index in [2.05, 4.69) is 19.8 Å². The zero-order chi connectivity index (χ0) is 18.6. The second-order valence-electron chi connectivity index (χ2n) is 6.44. The molecule has 3 rings (SSSR count). The van der Waals surface area contributed by atoms with Gasteiger partial charge in [-0.1, -0.05) is 0 Å². The fraction of sp³-hybridized carbons (Fsp3) is 0.625. The van der Waals surface area contributed by atoms with Gasteiger partial charge in [-0.2, -0.15) is 10.2 Å². The standard InChI is InChI=1S/C16H26N6O3S/c1-20-14(4-6-17-20)16(15-5-7-18-21(15)2)19-26(23,24)13-3-8-22-9-11-25-12-10-22/h4-7,16,19H,3,8-13H2,1-2H3. The molecular formula is C16H26N6O3S. The van der Waals surface area contributed by atoms with Crippen molar-refractivity contribution >= 4 is 10.0 Å². The lowest BCUT2D eigenvalue weighted by molar-refractivity contribution is 0.0381. The molecule has 9 nitrogen and oxygen atoms in total. The lowest BCUT2D eigenvalue weighted by Gasteiger charge is -2.26. The van der Waals surface area contributed by atoms with E-state index >= 15 is 0 Å². The molecule has 0 spiro atoms. The zero-order valence-electron chi connectivity index (χ0n) is 15.2. The van der Waals surface area contributed by atoms with Crippen LogP contribution in [0.5, 0.6) is 0 Å². The minimum absolute atomic E-state index is 0.0799. The van der Waals surface area contributed by atoms with Gasteiger partial charge in [-0.3, -0.25) is 14.3 Å². The average Bonchev–Trinajstić information content (AvgIpc) is 3.22. The van der Waals surface area contributed by atoms with Crippen molar-refractivity contribution in [1.82, 2.24) is 29.2 Å². The van der Waals surface area contributed by atoms with Crippen LogP contribution in [0.25, 0.3) is 0 Å². The van der Waals surface area contributed by atoms with Crippen LogP contribution in [0, 0.1) is 0 Å². The summed E-state index contributed by atoms with van der Waals surface area (Å²) in [5, 5.41) is 8.33. The Bertz CT molecular complexity index is 769. The summed E-state index contributed by atoms with van der Waals surface area (Å²) in [6, 6.07) is 3.10. The minimum Gasteiger partial charge on any atom is -0.379 e. The fourth-order valence-corrected chi connectivity index (χ4v) is 4.38. The predicted octanol–water partition coefficient (Wildman–Crippen LogP) is -0.115. The monoisotopic (exact) mass is 382 g/mol. The maximum atomic E-state index is 12.7. The van der Waals surface area contributed by atoms with E-state index in [1.54, 1.807) is 35.9 Å². The summed E-state index contributed by atoms with van der Waals surface area (Å²) in [5.74, 6) is 0.0799. The van der Waals surface area contributed by atoms with Crippen LogP contribution in [0.3, 0.4) is 0 Å². The average molecular weight is 382 g/mol. The fourth-order valence-electron chi connectivity index (χ4n) is 3.15. The van der Waals surface area contributed by atoms with E-state index < -0.39 is 16.1 Å². The number of nitrogens with one attached hydrogen (secondary N) is 1. The summed E-state index contributed by atoms with van der Waals surface area (Å²) in [4.78, 5) is 2.23. The quantitative estimate of drug-likeness (QED) is 0.684. The summed E-state index contributed by atoms with van der Waals surface area (Å²) in [6.07, 6.45) is 3.90. The van der Waals surface area contributed by atoms with Gasteiger partial charge < -0.3 is 4.74 Å². The van der Waals surface area contributed by atoms with Gasteiger partial charge in [0.2, 0.25) is 10.0 Å². The van der Waals surface area contributed by atoms with Gasteiger partial charge in [0.05, 0.1) is 30.4 Å². The van der Waals surface area contributed by atoms with Gasteiger partial charge in [0, 0.05) is 39.6 Å². The minimum atomic E-state index is -3.46. The Morgan fingerprint density at radius 2 is 1.69 bits per heavy atom. The SMILES string of the molecule is Cn1nccc1C(NS(=O)(=O)CCCN1CCOCC1)c1ccnn1C. The van der Waals surface area contributed by atoms with Crippen LogP contribution in [0.4, 0.5) is 0 Å². The third-order valence-corrected chi connectivity index (χ3v) is 6.02. The van der Waals surface area contributed by atoms with E-state index in [9.17, 15) is 8.42 Å². The van der Waals surface area contributed by atoms with Crippen molar-refractivity contribution in [3.63, 3.8) is 0 Å². The molecule has 0 aromatic carbocycles. The van der Waals surface area contributed by atoms with Crippen LogP contribution in [-0.4, -0.2) is 71.5 Å². The first kappa shape index (κ1) is 19.0. The normalized spacial score (nSPS) is 16.4. The van der Waals surface area contributed by atoms with Gasteiger partial charge in [0.15, 0.2) is 0 Å². The van der Waals surface area contributed by atoms with Gasteiger partial charge in [-0.25, -0.2) is 13.1 Å². The van der Waals surface area contributed by atoms with Crippen molar-refractivity contribution < 1.29 is 13.2 Å². The topological polar surface area (TPSA) is 94.3 Å². The van der Waals surface area contributed by atoms with Crippen LogP contribution >= 0.6 is 0 Å². The molecule has 1 saturated heterocycles. The maximum absolute atomic E-state index is 12.7. The number of sulfonamides is 1. The molecule has 0 atom stereocenters. The summed E-state index contributed by atoms with van der Waals surface area (Å²) in [7, 11) is 0.137. The van der Waals surface area contributed by atoms with Crippen molar-refractivity contribution in [3.8, 4) is 0 Å². The van der Waals surface area contributed by atoms with E-state index in [-0.39, 0.29) is 5.75 Å². The maximum Gasteiger partial charge on any atom is 0.212 e. The van der Waals surface area contributed by atoms with Crippen LogP contribution in [0.1, 0.15) is 23.9 Å². The van der Waals surface area contributed by atoms with E-state index in [4.69, 9.17) is 4.74 Å². The number of morpholine rings is 1. The Hall–Kier alpha value is -1.75. The molecular weight excluding hydrogens is 356 g/mol. The molecule has 144 valence electrons. The molecule has 10 heteroatoms. The first-order valence-electron chi connectivity index (χ1n) is 8.72. The lowest BCUT2D eigenvalue weighted by Crippen LogP contribution is -2.38. The molecule has 1 aliphatic rings. The van der Waals surface area contributed by atoms with Gasteiger partial charge in [0.1, 0.15) is 6.04 Å². The lowest BCUT2D eigenvalue weighted by atomic mass is 10.1. The van der Waals surface area contributed by atoms with Crippen molar-refractivity contribution in [2.45, 2.75) is 12.5 Å². The van der Waals surface area contributed by atoms with Crippen LogP contribution in [0.15, 0.2) is 24.5 Å². The highest BCUT2D eigenvalue weighted by Crippen LogP contribution is 2.22. The number of rotatable bonds is 8. The van der Waals surface area contributed by atoms with Crippen molar-refractivity contribution in [1.29, 1.82) is 0 Å². The number of hydrogen-bond acceptors (Lipinski definition) is 6. The number of ether oxygens (including phenoxy) is 1. The molecule has 1 aliphatic heterocycles. The van der Waals surface area contributed by atoms with Gasteiger partial charge in [0.25, 0.3) is 0 Å². The van der Waals surface area contributed by atoms with Crippen LogP contribution < -0.4 is 4.72 Å². The van der Waals surface area contributed by atoms with Crippen molar-refractivity contribution in [2.24, 2.45) is 14.1 Å². The second-order valence-corrected chi connectivity index (χ2v) is 8.31. The molecule has 0 radical (unpaired) electrons. The van der Waals surface area contributed by atoms with Gasteiger partial charge in [-0.05, 0) is 25.1 Å².